The lowest BCUT2D eigenvalue weighted by Crippen LogP contribution is -2.12. The Labute approximate surface area is 125 Å². The Kier molecular flexibility index (Phi) is 4.09. The number of aromatic nitrogens is 1. The first kappa shape index (κ1) is 15.6. The molecule has 0 aliphatic carbocycles. The van der Waals surface area contributed by atoms with Crippen LogP contribution in [0.25, 0.3) is 0 Å². The van der Waals surface area contributed by atoms with Gasteiger partial charge in [-0.15, -0.1) is 0 Å². The third-order valence-electron chi connectivity index (χ3n) is 3.30. The van der Waals surface area contributed by atoms with Crippen LogP contribution in [-0.2, 0) is 10.1 Å². The normalized spacial score (nSPS) is 11.9. The SMILES string of the molecule is Cc1ccc(C(C)C)cc1OS(=O)(=O)c1c(C)noc1C. The molecule has 0 aliphatic heterocycles. The van der Waals surface area contributed by atoms with Crippen LogP contribution in [0.15, 0.2) is 27.6 Å². The molecule has 0 N–H and O–H groups in total. The molecule has 2 aromatic rings. The second-order valence-corrected chi connectivity index (χ2v) is 6.85. The molecular weight excluding hydrogens is 290 g/mol. The topological polar surface area (TPSA) is 69.4 Å². The van der Waals surface area contributed by atoms with E-state index in [1.54, 1.807) is 19.9 Å². The van der Waals surface area contributed by atoms with Gasteiger partial charge in [-0.3, -0.25) is 0 Å². The average Bonchev–Trinajstić information content (AvgIpc) is 2.71. The van der Waals surface area contributed by atoms with Crippen LogP contribution in [0.2, 0.25) is 0 Å². The van der Waals surface area contributed by atoms with E-state index in [4.69, 9.17) is 8.71 Å². The highest BCUT2D eigenvalue weighted by Crippen LogP contribution is 2.29. The zero-order valence-electron chi connectivity index (χ0n) is 12.8. The lowest BCUT2D eigenvalue weighted by Gasteiger charge is -2.12. The van der Waals surface area contributed by atoms with Crippen LogP contribution in [0.3, 0.4) is 0 Å². The zero-order chi connectivity index (χ0) is 15.8. The van der Waals surface area contributed by atoms with Crippen LogP contribution in [0.5, 0.6) is 5.75 Å². The van der Waals surface area contributed by atoms with Crippen molar-refractivity contribution in [3.8, 4) is 5.75 Å². The Morgan fingerprint density at radius 3 is 2.38 bits per heavy atom. The smallest absolute Gasteiger partial charge is 0.344 e. The number of benzene rings is 1. The molecule has 21 heavy (non-hydrogen) atoms. The molecule has 114 valence electrons. The van der Waals surface area contributed by atoms with Gasteiger partial charge < -0.3 is 8.71 Å². The van der Waals surface area contributed by atoms with Crippen LogP contribution < -0.4 is 4.18 Å². The number of nitrogens with zero attached hydrogens (tertiary/aromatic N) is 1. The maximum Gasteiger partial charge on any atom is 0.344 e. The summed E-state index contributed by atoms with van der Waals surface area (Å²) in [5.74, 6) is 0.848. The first-order chi connectivity index (χ1) is 9.72. The second kappa shape index (κ2) is 5.52. The van der Waals surface area contributed by atoms with Crippen LogP contribution in [0.1, 0.15) is 42.3 Å². The Morgan fingerprint density at radius 2 is 1.86 bits per heavy atom. The molecule has 0 aliphatic rings. The largest absolute Gasteiger partial charge is 0.379 e. The van der Waals surface area contributed by atoms with Gasteiger partial charge in [0.2, 0.25) is 0 Å². The van der Waals surface area contributed by atoms with Crippen molar-refractivity contribution in [3.05, 3.63) is 40.8 Å². The van der Waals surface area contributed by atoms with Gasteiger partial charge in [-0.2, -0.15) is 8.42 Å². The van der Waals surface area contributed by atoms with E-state index in [1.165, 1.54) is 0 Å². The van der Waals surface area contributed by atoms with Crippen molar-refractivity contribution in [2.24, 2.45) is 0 Å². The second-order valence-electron chi connectivity index (χ2n) is 5.37. The van der Waals surface area contributed by atoms with Gasteiger partial charge in [0.15, 0.2) is 10.7 Å². The predicted molar refractivity (Wildman–Crippen MR) is 79.1 cm³/mol. The summed E-state index contributed by atoms with van der Waals surface area (Å²) in [6.45, 7) is 9.01. The molecule has 5 nitrogen and oxygen atoms in total. The summed E-state index contributed by atoms with van der Waals surface area (Å²) in [7, 11) is -3.95. The Balaban J connectivity index is 2.44. The monoisotopic (exact) mass is 309 g/mol. The Morgan fingerprint density at radius 1 is 1.19 bits per heavy atom. The lowest BCUT2D eigenvalue weighted by molar-refractivity contribution is 0.389. The zero-order valence-corrected chi connectivity index (χ0v) is 13.6. The summed E-state index contributed by atoms with van der Waals surface area (Å²) in [6, 6.07) is 5.58. The van der Waals surface area contributed by atoms with E-state index < -0.39 is 10.1 Å². The van der Waals surface area contributed by atoms with E-state index in [0.29, 0.717) is 11.4 Å². The summed E-state index contributed by atoms with van der Waals surface area (Å²) in [5.41, 5.74) is 2.07. The fraction of sp³-hybridized carbons (Fsp3) is 0.400. The minimum Gasteiger partial charge on any atom is -0.379 e. The summed E-state index contributed by atoms with van der Waals surface area (Å²) < 4.78 is 35.0. The molecule has 0 atom stereocenters. The summed E-state index contributed by atoms with van der Waals surface area (Å²) in [5, 5.41) is 3.66. The molecule has 0 saturated heterocycles. The molecule has 1 aromatic heterocycles. The van der Waals surface area contributed by atoms with Gasteiger partial charge in [0.1, 0.15) is 11.4 Å². The first-order valence-corrected chi connectivity index (χ1v) is 8.11. The quantitative estimate of drug-likeness (QED) is 0.809. The molecule has 0 spiro atoms. The molecule has 0 unspecified atom stereocenters. The molecule has 0 radical (unpaired) electrons. The van der Waals surface area contributed by atoms with E-state index in [1.807, 2.05) is 32.9 Å². The number of rotatable bonds is 4. The van der Waals surface area contributed by atoms with Crippen molar-refractivity contribution >= 4 is 10.1 Å². The lowest BCUT2D eigenvalue weighted by atomic mass is 10.0. The van der Waals surface area contributed by atoms with Crippen LogP contribution in [0.4, 0.5) is 0 Å². The molecule has 0 fully saturated rings. The molecule has 0 bridgehead atoms. The molecule has 2 rings (SSSR count). The van der Waals surface area contributed by atoms with E-state index in [9.17, 15) is 8.42 Å². The third-order valence-corrected chi connectivity index (χ3v) is 4.78. The maximum absolute atomic E-state index is 12.4. The molecule has 6 heteroatoms. The minimum absolute atomic E-state index is 0.00292. The highest BCUT2D eigenvalue weighted by atomic mass is 32.2. The Hall–Kier alpha value is -1.82. The van der Waals surface area contributed by atoms with E-state index in [-0.39, 0.29) is 16.6 Å². The molecule has 1 heterocycles. The van der Waals surface area contributed by atoms with Crippen LogP contribution >= 0.6 is 0 Å². The van der Waals surface area contributed by atoms with Crippen molar-refractivity contribution in [2.75, 3.05) is 0 Å². The van der Waals surface area contributed by atoms with Gasteiger partial charge in [0, 0.05) is 0 Å². The molecule has 0 amide bonds. The van der Waals surface area contributed by atoms with Crippen molar-refractivity contribution in [1.82, 2.24) is 5.16 Å². The maximum atomic E-state index is 12.4. The standard InChI is InChI=1S/C15H19NO4S/c1-9(2)13-7-6-10(3)14(8-13)20-21(17,18)15-11(4)16-19-12(15)5/h6-9H,1-5H3. The van der Waals surface area contributed by atoms with Crippen molar-refractivity contribution in [2.45, 2.75) is 45.4 Å². The van der Waals surface area contributed by atoms with E-state index in [0.717, 1.165) is 11.1 Å². The summed E-state index contributed by atoms with van der Waals surface area (Å²) in [4.78, 5) is -0.00292. The van der Waals surface area contributed by atoms with Gasteiger partial charge in [0.25, 0.3) is 0 Å². The van der Waals surface area contributed by atoms with Crippen molar-refractivity contribution in [3.63, 3.8) is 0 Å². The number of hydrogen-bond acceptors (Lipinski definition) is 5. The van der Waals surface area contributed by atoms with Crippen LogP contribution in [0, 0.1) is 20.8 Å². The molecule has 1 aromatic carbocycles. The van der Waals surface area contributed by atoms with E-state index in [2.05, 4.69) is 5.16 Å². The van der Waals surface area contributed by atoms with Crippen LogP contribution in [-0.4, -0.2) is 13.6 Å². The average molecular weight is 309 g/mol. The number of hydrogen-bond donors (Lipinski definition) is 0. The highest BCUT2D eigenvalue weighted by molar-refractivity contribution is 7.87. The summed E-state index contributed by atoms with van der Waals surface area (Å²) in [6.07, 6.45) is 0. The Bertz CT molecular complexity index is 740. The highest BCUT2D eigenvalue weighted by Gasteiger charge is 2.27. The van der Waals surface area contributed by atoms with Gasteiger partial charge in [-0.25, -0.2) is 0 Å². The van der Waals surface area contributed by atoms with Crippen molar-refractivity contribution in [1.29, 1.82) is 0 Å². The first-order valence-electron chi connectivity index (χ1n) is 6.70. The fourth-order valence-electron chi connectivity index (χ4n) is 2.06. The third kappa shape index (κ3) is 3.10. The summed E-state index contributed by atoms with van der Waals surface area (Å²) >= 11 is 0. The predicted octanol–water partition coefficient (Wildman–Crippen LogP) is 3.49. The van der Waals surface area contributed by atoms with Crippen molar-refractivity contribution < 1.29 is 17.1 Å². The fourth-order valence-corrected chi connectivity index (χ4v) is 3.34. The molecular formula is C15H19NO4S. The minimum atomic E-state index is -3.95. The van der Waals surface area contributed by atoms with Gasteiger partial charge >= 0.3 is 10.1 Å². The van der Waals surface area contributed by atoms with Gasteiger partial charge in [-0.05, 0) is 43.9 Å². The van der Waals surface area contributed by atoms with Gasteiger partial charge in [-0.1, -0.05) is 31.1 Å². The van der Waals surface area contributed by atoms with E-state index >= 15 is 0 Å². The molecule has 0 saturated carbocycles. The van der Waals surface area contributed by atoms with Gasteiger partial charge in [0.05, 0.1) is 0 Å². The number of aryl methyl sites for hydroxylation is 3.